The van der Waals surface area contributed by atoms with E-state index in [0.717, 1.165) is 18.2 Å². The molecule has 0 saturated heterocycles. The average Bonchev–Trinajstić information content (AvgIpc) is 2.32. The van der Waals surface area contributed by atoms with Crippen molar-refractivity contribution in [1.29, 1.82) is 0 Å². The van der Waals surface area contributed by atoms with Crippen LogP contribution in [0.4, 0.5) is 15.8 Å². The molecule has 0 amide bonds. The Bertz CT molecular complexity index is 445. The summed E-state index contributed by atoms with van der Waals surface area (Å²) in [5.74, 6) is 0.202. The molecule has 0 aromatic heterocycles. The summed E-state index contributed by atoms with van der Waals surface area (Å²) in [5, 5.41) is 14.0. The van der Waals surface area contributed by atoms with Crippen LogP contribution in [0.25, 0.3) is 0 Å². The lowest BCUT2D eigenvalue weighted by Crippen LogP contribution is -2.21. The summed E-state index contributed by atoms with van der Waals surface area (Å²) >= 11 is 4.69. The first-order valence-corrected chi connectivity index (χ1v) is 7.57. The van der Waals surface area contributed by atoms with Gasteiger partial charge in [0.1, 0.15) is 11.5 Å². The van der Waals surface area contributed by atoms with Crippen LogP contribution in [0.5, 0.6) is 0 Å². The molecular formula is C11H14BrFN2O2S. The molecule has 1 aromatic rings. The number of hydrogen-bond donors (Lipinski definition) is 1. The Labute approximate surface area is 118 Å². The molecular weight excluding hydrogens is 323 g/mol. The second-order valence-electron chi connectivity index (χ2n) is 3.75. The van der Waals surface area contributed by atoms with Crippen LogP contribution >= 0.6 is 27.7 Å². The molecule has 100 valence electrons. The van der Waals surface area contributed by atoms with Gasteiger partial charge in [-0.2, -0.15) is 11.8 Å². The summed E-state index contributed by atoms with van der Waals surface area (Å²) < 4.78 is 13.5. The maximum absolute atomic E-state index is 13.3. The number of nitro groups is 1. The molecule has 1 rings (SSSR count). The Balaban J connectivity index is 3.06. The number of nitro benzene ring substituents is 1. The van der Waals surface area contributed by atoms with Gasteiger partial charge in [-0.25, -0.2) is 4.39 Å². The van der Waals surface area contributed by atoms with E-state index in [1.165, 1.54) is 6.07 Å². The van der Waals surface area contributed by atoms with Gasteiger partial charge < -0.3 is 5.32 Å². The highest BCUT2D eigenvalue weighted by Gasteiger charge is 2.19. The first kappa shape index (κ1) is 15.2. The van der Waals surface area contributed by atoms with Gasteiger partial charge in [-0.15, -0.1) is 0 Å². The Kier molecular flexibility index (Phi) is 5.87. The lowest BCUT2D eigenvalue weighted by Gasteiger charge is -2.17. The number of nitrogens with one attached hydrogen (secondary N) is 1. The van der Waals surface area contributed by atoms with Crippen LogP contribution < -0.4 is 5.32 Å². The maximum Gasteiger partial charge on any atom is 0.295 e. The maximum atomic E-state index is 13.3. The van der Waals surface area contributed by atoms with E-state index in [2.05, 4.69) is 21.2 Å². The highest BCUT2D eigenvalue weighted by molar-refractivity contribution is 9.10. The molecule has 0 aliphatic rings. The molecule has 0 aliphatic heterocycles. The number of anilines is 1. The smallest absolute Gasteiger partial charge is 0.295 e. The molecule has 0 spiro atoms. The van der Waals surface area contributed by atoms with Gasteiger partial charge in [0, 0.05) is 11.8 Å². The molecule has 7 heteroatoms. The highest BCUT2D eigenvalue weighted by Crippen LogP contribution is 2.31. The zero-order valence-electron chi connectivity index (χ0n) is 10.1. The third-order valence-corrected chi connectivity index (χ3v) is 3.80. The fourth-order valence-corrected chi connectivity index (χ4v) is 2.55. The fraction of sp³-hybridized carbons (Fsp3) is 0.455. The van der Waals surface area contributed by atoms with Crippen molar-refractivity contribution >= 4 is 39.1 Å². The molecule has 1 unspecified atom stereocenters. The van der Waals surface area contributed by atoms with Crippen molar-refractivity contribution in [2.45, 2.75) is 19.4 Å². The number of halogens is 2. The molecule has 0 aliphatic carbocycles. The van der Waals surface area contributed by atoms with E-state index in [9.17, 15) is 14.5 Å². The van der Waals surface area contributed by atoms with E-state index in [1.54, 1.807) is 11.8 Å². The number of benzene rings is 1. The Morgan fingerprint density at radius 2 is 2.28 bits per heavy atom. The molecule has 1 aromatic carbocycles. The summed E-state index contributed by atoms with van der Waals surface area (Å²) in [6, 6.07) is 2.46. The van der Waals surface area contributed by atoms with Crippen LogP contribution in [0.3, 0.4) is 0 Å². The van der Waals surface area contributed by atoms with Crippen LogP contribution in [-0.2, 0) is 0 Å². The largest absolute Gasteiger partial charge is 0.376 e. The Morgan fingerprint density at radius 3 is 2.78 bits per heavy atom. The lowest BCUT2D eigenvalue weighted by atomic mass is 10.2. The third-order valence-electron chi connectivity index (χ3n) is 2.46. The van der Waals surface area contributed by atoms with Crippen molar-refractivity contribution in [2.24, 2.45) is 0 Å². The van der Waals surface area contributed by atoms with Crippen molar-refractivity contribution in [3.05, 3.63) is 32.5 Å². The number of thioether (sulfide) groups is 1. The summed E-state index contributed by atoms with van der Waals surface area (Å²) in [6.45, 7) is 2.00. The first-order valence-electron chi connectivity index (χ1n) is 5.38. The van der Waals surface area contributed by atoms with Gasteiger partial charge in [-0.05, 0) is 34.7 Å². The van der Waals surface area contributed by atoms with Gasteiger partial charge in [0.05, 0.1) is 15.5 Å². The number of hydrogen-bond acceptors (Lipinski definition) is 4. The van der Waals surface area contributed by atoms with Crippen molar-refractivity contribution < 1.29 is 9.31 Å². The SMILES string of the molecule is CCC(CSC)Nc1cc(Br)c(F)cc1[N+](=O)[O-]. The first-order chi connectivity index (χ1) is 8.49. The monoisotopic (exact) mass is 336 g/mol. The van der Waals surface area contributed by atoms with Gasteiger partial charge >= 0.3 is 0 Å². The second kappa shape index (κ2) is 6.94. The van der Waals surface area contributed by atoms with Crippen molar-refractivity contribution in [3.8, 4) is 0 Å². The Morgan fingerprint density at radius 1 is 1.61 bits per heavy atom. The molecule has 0 radical (unpaired) electrons. The van der Waals surface area contributed by atoms with E-state index < -0.39 is 10.7 Å². The summed E-state index contributed by atoms with van der Waals surface area (Å²) in [5.41, 5.74) is 0.101. The molecule has 4 nitrogen and oxygen atoms in total. The molecule has 0 fully saturated rings. The average molecular weight is 337 g/mol. The minimum atomic E-state index is -0.634. The van der Waals surface area contributed by atoms with Crippen LogP contribution in [-0.4, -0.2) is 23.0 Å². The zero-order valence-corrected chi connectivity index (χ0v) is 12.5. The Hall–Kier alpha value is -0.820. The van der Waals surface area contributed by atoms with Crippen molar-refractivity contribution in [1.82, 2.24) is 0 Å². The summed E-state index contributed by atoms with van der Waals surface area (Å²) in [4.78, 5) is 10.3. The van der Waals surface area contributed by atoms with Gasteiger partial charge in [-0.3, -0.25) is 10.1 Å². The van der Waals surface area contributed by atoms with E-state index in [-0.39, 0.29) is 16.2 Å². The van der Waals surface area contributed by atoms with Crippen molar-refractivity contribution in [3.63, 3.8) is 0 Å². The van der Waals surface area contributed by atoms with Crippen LogP contribution in [0.1, 0.15) is 13.3 Å². The highest BCUT2D eigenvalue weighted by atomic mass is 79.9. The van der Waals surface area contributed by atoms with Gasteiger partial charge in [0.25, 0.3) is 5.69 Å². The molecule has 0 saturated carbocycles. The summed E-state index contributed by atoms with van der Waals surface area (Å²) in [7, 11) is 0. The molecule has 18 heavy (non-hydrogen) atoms. The molecule has 0 bridgehead atoms. The van der Waals surface area contributed by atoms with Crippen LogP contribution in [0.15, 0.2) is 16.6 Å². The van der Waals surface area contributed by atoms with Crippen molar-refractivity contribution in [2.75, 3.05) is 17.3 Å². The van der Waals surface area contributed by atoms with Crippen LogP contribution in [0, 0.1) is 15.9 Å². The topological polar surface area (TPSA) is 55.2 Å². The lowest BCUT2D eigenvalue weighted by molar-refractivity contribution is -0.384. The quantitative estimate of drug-likeness (QED) is 0.628. The number of rotatable bonds is 6. The van der Waals surface area contributed by atoms with Gasteiger partial charge in [-0.1, -0.05) is 6.92 Å². The fourth-order valence-electron chi connectivity index (χ4n) is 1.49. The van der Waals surface area contributed by atoms with E-state index >= 15 is 0 Å². The standard InChI is InChI=1S/C11H14BrFN2O2S/c1-3-7(6-18-2)14-10-4-8(12)9(13)5-11(10)15(16)17/h4-5,7,14H,3,6H2,1-2H3. The van der Waals surface area contributed by atoms with E-state index in [1.807, 2.05) is 13.2 Å². The minimum absolute atomic E-state index is 0.121. The van der Waals surface area contributed by atoms with Gasteiger partial charge in [0.15, 0.2) is 0 Å². The van der Waals surface area contributed by atoms with E-state index in [0.29, 0.717) is 5.69 Å². The normalized spacial score (nSPS) is 12.2. The molecule has 1 N–H and O–H groups in total. The molecule has 0 heterocycles. The predicted molar refractivity (Wildman–Crippen MR) is 76.8 cm³/mol. The predicted octanol–water partition coefficient (Wildman–Crippen LogP) is 4.05. The van der Waals surface area contributed by atoms with E-state index in [4.69, 9.17) is 0 Å². The third kappa shape index (κ3) is 3.84. The summed E-state index contributed by atoms with van der Waals surface area (Å²) in [6.07, 6.45) is 2.81. The zero-order chi connectivity index (χ0) is 13.7. The van der Waals surface area contributed by atoms with Gasteiger partial charge in [0.2, 0.25) is 0 Å². The minimum Gasteiger partial charge on any atom is -0.376 e. The number of nitrogens with zero attached hydrogens (tertiary/aromatic N) is 1. The van der Waals surface area contributed by atoms with Crippen LogP contribution in [0.2, 0.25) is 0 Å². The molecule has 1 atom stereocenters. The second-order valence-corrected chi connectivity index (χ2v) is 5.51.